The Hall–Kier alpha value is -0.930. The van der Waals surface area contributed by atoms with Crippen molar-refractivity contribution < 1.29 is 4.74 Å². The van der Waals surface area contributed by atoms with Gasteiger partial charge in [-0.15, -0.1) is 0 Å². The highest BCUT2D eigenvalue weighted by Crippen LogP contribution is 2.30. The zero-order valence-electron chi connectivity index (χ0n) is 11.4. The van der Waals surface area contributed by atoms with Crippen LogP contribution in [0.1, 0.15) is 44.4 Å². The largest absolute Gasteiger partial charge is 0.374 e. The van der Waals surface area contributed by atoms with Crippen molar-refractivity contribution >= 4 is 0 Å². The van der Waals surface area contributed by atoms with Crippen LogP contribution >= 0.6 is 0 Å². The fourth-order valence-electron chi connectivity index (χ4n) is 2.95. The van der Waals surface area contributed by atoms with Gasteiger partial charge in [0.05, 0.1) is 18.4 Å². The van der Waals surface area contributed by atoms with Crippen molar-refractivity contribution in [3.63, 3.8) is 0 Å². The van der Waals surface area contributed by atoms with E-state index in [0.717, 1.165) is 17.5 Å². The number of pyridine rings is 1. The van der Waals surface area contributed by atoms with Gasteiger partial charge >= 0.3 is 0 Å². The summed E-state index contributed by atoms with van der Waals surface area (Å²) in [5.41, 5.74) is 7.70. The quantitative estimate of drug-likeness (QED) is 0.891. The van der Waals surface area contributed by atoms with Crippen LogP contribution in [-0.4, -0.2) is 11.1 Å². The summed E-state index contributed by atoms with van der Waals surface area (Å²) in [6.07, 6.45) is 5.95. The number of nitrogens with zero attached hydrogens (tertiary/aromatic N) is 1. The van der Waals surface area contributed by atoms with Crippen LogP contribution in [0, 0.1) is 11.8 Å². The molecule has 0 bridgehead atoms. The van der Waals surface area contributed by atoms with Gasteiger partial charge < -0.3 is 10.5 Å². The van der Waals surface area contributed by atoms with Crippen molar-refractivity contribution in [3.05, 3.63) is 29.6 Å². The van der Waals surface area contributed by atoms with Gasteiger partial charge in [0.25, 0.3) is 0 Å². The minimum atomic E-state index is 0.415. The van der Waals surface area contributed by atoms with Gasteiger partial charge in [0.15, 0.2) is 0 Å². The Morgan fingerprint density at radius 1 is 1.28 bits per heavy atom. The molecule has 1 fully saturated rings. The zero-order chi connectivity index (χ0) is 13.0. The monoisotopic (exact) mass is 248 g/mol. The number of nitrogens with two attached hydrogens (primary N) is 1. The second-order valence-corrected chi connectivity index (χ2v) is 5.71. The molecule has 100 valence electrons. The second kappa shape index (κ2) is 6.30. The molecular formula is C15H24N2O. The number of hydrogen-bond acceptors (Lipinski definition) is 3. The van der Waals surface area contributed by atoms with Crippen molar-refractivity contribution in [3.8, 4) is 0 Å². The molecule has 2 unspecified atom stereocenters. The van der Waals surface area contributed by atoms with Crippen LogP contribution in [0.15, 0.2) is 18.3 Å². The van der Waals surface area contributed by atoms with Gasteiger partial charge in [0.2, 0.25) is 0 Å². The van der Waals surface area contributed by atoms with Crippen molar-refractivity contribution in [2.24, 2.45) is 17.6 Å². The first-order chi connectivity index (χ1) is 8.67. The number of hydrogen-bond donors (Lipinski definition) is 1. The third kappa shape index (κ3) is 3.79. The molecule has 2 rings (SSSR count). The van der Waals surface area contributed by atoms with Gasteiger partial charge in [0, 0.05) is 12.7 Å². The highest BCUT2D eigenvalue weighted by Gasteiger charge is 2.24. The SMILES string of the molecule is CC1CC(C)CC(OCc2ccnc(CN)c2)C1. The fourth-order valence-corrected chi connectivity index (χ4v) is 2.95. The molecule has 2 atom stereocenters. The van der Waals surface area contributed by atoms with E-state index in [1.807, 2.05) is 18.3 Å². The van der Waals surface area contributed by atoms with Crippen LogP contribution < -0.4 is 5.73 Å². The highest BCUT2D eigenvalue weighted by molar-refractivity contribution is 5.15. The minimum absolute atomic E-state index is 0.415. The predicted molar refractivity (Wildman–Crippen MR) is 72.9 cm³/mol. The maximum atomic E-state index is 6.04. The number of aromatic nitrogens is 1. The average Bonchev–Trinajstić information content (AvgIpc) is 2.35. The Morgan fingerprint density at radius 3 is 2.67 bits per heavy atom. The summed E-state index contributed by atoms with van der Waals surface area (Å²) in [5, 5.41) is 0. The standard InChI is InChI=1S/C15H24N2O/c1-11-5-12(2)7-15(6-11)18-10-13-3-4-17-14(8-13)9-16/h3-4,8,11-12,15H,5-7,9-10,16H2,1-2H3. The normalized spacial score (nSPS) is 28.3. The molecule has 1 heterocycles. The molecular weight excluding hydrogens is 224 g/mol. The van der Waals surface area contributed by atoms with Crippen molar-refractivity contribution in [2.45, 2.75) is 52.4 Å². The molecule has 1 saturated carbocycles. The first-order valence-electron chi connectivity index (χ1n) is 6.93. The van der Waals surface area contributed by atoms with Crippen LogP contribution in [-0.2, 0) is 17.9 Å². The van der Waals surface area contributed by atoms with E-state index in [9.17, 15) is 0 Å². The van der Waals surface area contributed by atoms with E-state index in [-0.39, 0.29) is 0 Å². The highest BCUT2D eigenvalue weighted by atomic mass is 16.5. The summed E-state index contributed by atoms with van der Waals surface area (Å²) in [4.78, 5) is 4.20. The first kappa shape index (κ1) is 13.5. The lowest BCUT2D eigenvalue weighted by Gasteiger charge is -2.31. The molecule has 1 aromatic rings. The van der Waals surface area contributed by atoms with Crippen LogP contribution in [0.5, 0.6) is 0 Å². The number of rotatable bonds is 4. The lowest BCUT2D eigenvalue weighted by molar-refractivity contribution is -0.00920. The average molecular weight is 248 g/mol. The number of ether oxygens (including phenoxy) is 1. The summed E-state index contributed by atoms with van der Waals surface area (Å²) in [5.74, 6) is 1.58. The molecule has 0 spiro atoms. The Labute approximate surface area is 110 Å². The van der Waals surface area contributed by atoms with Crippen molar-refractivity contribution in [2.75, 3.05) is 0 Å². The molecule has 18 heavy (non-hydrogen) atoms. The van der Waals surface area contributed by atoms with E-state index >= 15 is 0 Å². The Bertz CT molecular complexity index is 371. The van der Waals surface area contributed by atoms with Crippen LogP contribution in [0.3, 0.4) is 0 Å². The Kier molecular flexibility index (Phi) is 4.72. The lowest BCUT2D eigenvalue weighted by atomic mass is 9.82. The fraction of sp³-hybridized carbons (Fsp3) is 0.667. The first-order valence-corrected chi connectivity index (χ1v) is 6.93. The molecule has 1 aromatic heterocycles. The maximum absolute atomic E-state index is 6.04. The van der Waals surface area contributed by atoms with E-state index in [1.165, 1.54) is 24.8 Å². The van der Waals surface area contributed by atoms with Crippen LogP contribution in [0.25, 0.3) is 0 Å². The van der Waals surface area contributed by atoms with Crippen molar-refractivity contribution in [1.29, 1.82) is 0 Å². The lowest BCUT2D eigenvalue weighted by Crippen LogP contribution is -2.26. The van der Waals surface area contributed by atoms with Crippen LogP contribution in [0.2, 0.25) is 0 Å². The van der Waals surface area contributed by atoms with Gasteiger partial charge in [-0.2, -0.15) is 0 Å². The van der Waals surface area contributed by atoms with Crippen LogP contribution in [0.4, 0.5) is 0 Å². The molecule has 2 N–H and O–H groups in total. The smallest absolute Gasteiger partial charge is 0.0721 e. The Balaban J connectivity index is 1.86. The second-order valence-electron chi connectivity index (χ2n) is 5.71. The van der Waals surface area contributed by atoms with Gasteiger partial charge in [-0.25, -0.2) is 0 Å². The van der Waals surface area contributed by atoms with E-state index in [2.05, 4.69) is 18.8 Å². The molecule has 0 amide bonds. The molecule has 1 aliphatic rings. The minimum Gasteiger partial charge on any atom is -0.374 e. The summed E-state index contributed by atoms with van der Waals surface area (Å²) in [6, 6.07) is 4.05. The summed E-state index contributed by atoms with van der Waals surface area (Å²) < 4.78 is 6.04. The van der Waals surface area contributed by atoms with E-state index in [0.29, 0.717) is 19.3 Å². The van der Waals surface area contributed by atoms with E-state index in [4.69, 9.17) is 10.5 Å². The molecule has 0 saturated heterocycles. The van der Waals surface area contributed by atoms with Gasteiger partial charge in [-0.3, -0.25) is 4.98 Å². The summed E-state index contributed by atoms with van der Waals surface area (Å²) >= 11 is 0. The third-order valence-corrected chi connectivity index (χ3v) is 3.71. The zero-order valence-corrected chi connectivity index (χ0v) is 11.4. The van der Waals surface area contributed by atoms with Gasteiger partial charge in [0.1, 0.15) is 0 Å². The van der Waals surface area contributed by atoms with Gasteiger partial charge in [-0.1, -0.05) is 13.8 Å². The summed E-state index contributed by atoms with van der Waals surface area (Å²) in [6.45, 7) is 5.82. The molecule has 3 heteroatoms. The predicted octanol–water partition coefficient (Wildman–Crippen LogP) is 2.88. The molecule has 1 aliphatic carbocycles. The summed E-state index contributed by atoms with van der Waals surface area (Å²) in [7, 11) is 0. The van der Waals surface area contributed by atoms with Crippen molar-refractivity contribution in [1.82, 2.24) is 4.98 Å². The Morgan fingerprint density at radius 2 is 2.00 bits per heavy atom. The van der Waals surface area contributed by atoms with E-state index < -0.39 is 0 Å². The topological polar surface area (TPSA) is 48.1 Å². The molecule has 0 aliphatic heterocycles. The van der Waals surface area contributed by atoms with E-state index in [1.54, 1.807) is 0 Å². The maximum Gasteiger partial charge on any atom is 0.0721 e. The van der Waals surface area contributed by atoms with Gasteiger partial charge in [-0.05, 0) is 48.8 Å². The molecule has 0 aromatic carbocycles. The third-order valence-electron chi connectivity index (χ3n) is 3.71. The molecule has 0 radical (unpaired) electrons. The molecule has 3 nitrogen and oxygen atoms in total.